The maximum Gasteiger partial charge on any atom is 0.258 e. The van der Waals surface area contributed by atoms with Gasteiger partial charge >= 0.3 is 0 Å². The zero-order valence-corrected chi connectivity index (χ0v) is 13.2. The second kappa shape index (κ2) is 8.73. The van der Waals surface area contributed by atoms with Crippen LogP contribution >= 0.6 is 0 Å². The molecule has 0 saturated carbocycles. The third-order valence-electron chi connectivity index (χ3n) is 3.52. The Morgan fingerprint density at radius 2 is 1.83 bits per heavy atom. The average Bonchev–Trinajstić information content (AvgIpc) is 2.60. The fourth-order valence-corrected chi connectivity index (χ4v) is 2.38. The molecular formula is C19H21NO3. The molecule has 4 heteroatoms. The Morgan fingerprint density at radius 3 is 2.52 bits per heavy atom. The third kappa shape index (κ3) is 4.95. The van der Waals surface area contributed by atoms with Crippen molar-refractivity contribution in [2.24, 2.45) is 0 Å². The molecule has 0 saturated heterocycles. The SMILES string of the molecule is CCCC(NC(=O)COc1ccccc1C=O)c1ccccc1. The number of hydrogen-bond donors (Lipinski definition) is 1. The van der Waals surface area contributed by atoms with Crippen molar-refractivity contribution >= 4 is 12.2 Å². The molecule has 2 aromatic rings. The van der Waals surface area contributed by atoms with Crippen molar-refractivity contribution in [1.82, 2.24) is 5.32 Å². The Balaban J connectivity index is 1.95. The lowest BCUT2D eigenvalue weighted by atomic mass is 10.0. The van der Waals surface area contributed by atoms with Gasteiger partial charge in [-0.3, -0.25) is 9.59 Å². The van der Waals surface area contributed by atoms with Gasteiger partial charge in [0.25, 0.3) is 5.91 Å². The second-order valence-electron chi connectivity index (χ2n) is 5.26. The molecule has 0 radical (unpaired) electrons. The fraction of sp³-hybridized carbons (Fsp3) is 0.263. The van der Waals surface area contributed by atoms with Gasteiger partial charge in [-0.25, -0.2) is 0 Å². The number of nitrogens with one attached hydrogen (secondary N) is 1. The van der Waals surface area contributed by atoms with E-state index in [1.54, 1.807) is 24.3 Å². The van der Waals surface area contributed by atoms with E-state index in [-0.39, 0.29) is 18.6 Å². The summed E-state index contributed by atoms with van der Waals surface area (Å²) in [5, 5.41) is 2.99. The minimum absolute atomic E-state index is 0.0291. The minimum atomic E-state index is -0.201. The van der Waals surface area contributed by atoms with Gasteiger partial charge in [-0.1, -0.05) is 55.8 Å². The zero-order valence-electron chi connectivity index (χ0n) is 13.2. The van der Waals surface area contributed by atoms with Crippen LogP contribution in [0.1, 0.15) is 41.7 Å². The summed E-state index contributed by atoms with van der Waals surface area (Å²) in [7, 11) is 0. The average molecular weight is 311 g/mol. The molecule has 120 valence electrons. The quantitative estimate of drug-likeness (QED) is 0.759. The Labute approximate surface area is 136 Å². The van der Waals surface area contributed by atoms with E-state index in [4.69, 9.17) is 4.74 Å². The second-order valence-corrected chi connectivity index (χ2v) is 5.26. The molecular weight excluding hydrogens is 290 g/mol. The summed E-state index contributed by atoms with van der Waals surface area (Å²) in [6.07, 6.45) is 2.55. The van der Waals surface area contributed by atoms with Crippen LogP contribution in [0.4, 0.5) is 0 Å². The van der Waals surface area contributed by atoms with Crippen molar-refractivity contribution in [3.8, 4) is 5.75 Å². The van der Waals surface area contributed by atoms with Gasteiger partial charge < -0.3 is 10.1 Å². The fourth-order valence-electron chi connectivity index (χ4n) is 2.38. The first-order chi connectivity index (χ1) is 11.2. The standard InChI is InChI=1S/C19H21NO3/c1-2-8-17(15-9-4-3-5-10-15)20-19(22)14-23-18-12-7-6-11-16(18)13-21/h3-7,9-13,17H,2,8,14H2,1H3,(H,20,22). The highest BCUT2D eigenvalue weighted by Crippen LogP contribution is 2.18. The number of carbonyl (C=O) groups is 2. The van der Waals surface area contributed by atoms with Crippen LogP contribution in [-0.2, 0) is 4.79 Å². The lowest BCUT2D eigenvalue weighted by Crippen LogP contribution is -2.32. The molecule has 1 atom stereocenters. The van der Waals surface area contributed by atoms with E-state index in [1.165, 1.54) is 0 Å². The first-order valence-corrected chi connectivity index (χ1v) is 7.76. The van der Waals surface area contributed by atoms with Crippen LogP contribution in [0.25, 0.3) is 0 Å². The van der Waals surface area contributed by atoms with Crippen molar-refractivity contribution in [3.63, 3.8) is 0 Å². The highest BCUT2D eigenvalue weighted by atomic mass is 16.5. The predicted octanol–water partition coefficient (Wildman–Crippen LogP) is 3.54. The number of carbonyl (C=O) groups excluding carboxylic acids is 2. The number of benzene rings is 2. The summed E-state index contributed by atoms with van der Waals surface area (Å²) in [5.74, 6) is 0.220. The van der Waals surface area contributed by atoms with Gasteiger partial charge in [0, 0.05) is 0 Å². The predicted molar refractivity (Wildman–Crippen MR) is 89.6 cm³/mol. The summed E-state index contributed by atoms with van der Waals surface area (Å²) < 4.78 is 5.46. The number of ether oxygens (including phenoxy) is 1. The van der Waals surface area contributed by atoms with Crippen LogP contribution in [0, 0.1) is 0 Å². The van der Waals surface area contributed by atoms with Crippen LogP contribution < -0.4 is 10.1 Å². The number of aldehydes is 1. The van der Waals surface area contributed by atoms with Gasteiger partial charge in [0.15, 0.2) is 12.9 Å². The van der Waals surface area contributed by atoms with E-state index < -0.39 is 0 Å². The molecule has 1 N–H and O–H groups in total. The van der Waals surface area contributed by atoms with Crippen molar-refractivity contribution in [1.29, 1.82) is 0 Å². The summed E-state index contributed by atoms with van der Waals surface area (Å²) in [4.78, 5) is 23.1. The Kier molecular flexibility index (Phi) is 6.36. The molecule has 0 heterocycles. The molecule has 1 amide bonds. The Bertz CT molecular complexity index is 640. The van der Waals surface area contributed by atoms with E-state index >= 15 is 0 Å². The number of para-hydroxylation sites is 1. The third-order valence-corrected chi connectivity index (χ3v) is 3.52. The molecule has 4 nitrogen and oxygen atoms in total. The number of hydrogen-bond acceptors (Lipinski definition) is 3. The van der Waals surface area contributed by atoms with Crippen LogP contribution in [0.2, 0.25) is 0 Å². The lowest BCUT2D eigenvalue weighted by Gasteiger charge is -2.19. The molecule has 1 unspecified atom stereocenters. The van der Waals surface area contributed by atoms with Gasteiger partial charge in [-0.15, -0.1) is 0 Å². The maximum absolute atomic E-state index is 12.2. The van der Waals surface area contributed by atoms with Gasteiger partial charge in [0.2, 0.25) is 0 Å². The molecule has 23 heavy (non-hydrogen) atoms. The number of amides is 1. The van der Waals surface area contributed by atoms with E-state index in [2.05, 4.69) is 12.2 Å². The first kappa shape index (κ1) is 16.7. The zero-order chi connectivity index (χ0) is 16.5. The van der Waals surface area contributed by atoms with Crippen LogP contribution in [-0.4, -0.2) is 18.8 Å². The number of rotatable bonds is 8. The normalized spacial score (nSPS) is 11.5. The Morgan fingerprint density at radius 1 is 1.13 bits per heavy atom. The monoisotopic (exact) mass is 311 g/mol. The summed E-state index contributed by atoms with van der Waals surface area (Å²) in [5.41, 5.74) is 1.52. The highest BCUT2D eigenvalue weighted by molar-refractivity contribution is 5.81. The van der Waals surface area contributed by atoms with Crippen LogP contribution in [0.15, 0.2) is 54.6 Å². The van der Waals surface area contributed by atoms with Gasteiger partial charge in [0.1, 0.15) is 5.75 Å². The summed E-state index contributed by atoms with van der Waals surface area (Å²) >= 11 is 0. The molecule has 0 aliphatic carbocycles. The largest absolute Gasteiger partial charge is 0.483 e. The molecule has 2 rings (SSSR count). The Hall–Kier alpha value is -2.62. The molecule has 2 aromatic carbocycles. The van der Waals surface area contributed by atoms with Gasteiger partial charge in [-0.05, 0) is 24.1 Å². The summed E-state index contributed by atoms with van der Waals surface area (Å²) in [6.45, 7) is 1.97. The molecule has 0 bridgehead atoms. The molecule has 0 aliphatic rings. The van der Waals surface area contributed by atoms with E-state index in [9.17, 15) is 9.59 Å². The maximum atomic E-state index is 12.2. The topological polar surface area (TPSA) is 55.4 Å². The van der Waals surface area contributed by atoms with Crippen LogP contribution in [0.5, 0.6) is 5.75 Å². The van der Waals surface area contributed by atoms with Crippen molar-refractivity contribution in [2.45, 2.75) is 25.8 Å². The van der Waals surface area contributed by atoms with Gasteiger partial charge in [0.05, 0.1) is 11.6 Å². The van der Waals surface area contributed by atoms with E-state index in [1.807, 2.05) is 30.3 Å². The first-order valence-electron chi connectivity index (χ1n) is 7.76. The van der Waals surface area contributed by atoms with Crippen molar-refractivity contribution in [3.05, 3.63) is 65.7 Å². The molecule has 0 fully saturated rings. The van der Waals surface area contributed by atoms with Crippen molar-refractivity contribution < 1.29 is 14.3 Å². The molecule has 0 aromatic heterocycles. The highest BCUT2D eigenvalue weighted by Gasteiger charge is 2.14. The smallest absolute Gasteiger partial charge is 0.258 e. The van der Waals surface area contributed by atoms with Crippen molar-refractivity contribution in [2.75, 3.05) is 6.61 Å². The lowest BCUT2D eigenvalue weighted by molar-refractivity contribution is -0.123. The summed E-state index contributed by atoms with van der Waals surface area (Å²) in [6, 6.07) is 16.7. The van der Waals surface area contributed by atoms with E-state index in [0.29, 0.717) is 11.3 Å². The van der Waals surface area contributed by atoms with E-state index in [0.717, 1.165) is 24.7 Å². The molecule has 0 aliphatic heterocycles. The minimum Gasteiger partial charge on any atom is -0.483 e. The molecule has 0 spiro atoms. The van der Waals surface area contributed by atoms with Gasteiger partial charge in [-0.2, -0.15) is 0 Å². The van der Waals surface area contributed by atoms with Crippen LogP contribution in [0.3, 0.4) is 0 Å².